The number of halogens is 1. The molecule has 4 aromatic rings. The van der Waals surface area contributed by atoms with Crippen LogP contribution < -0.4 is 5.73 Å². The fourth-order valence-corrected chi connectivity index (χ4v) is 3.02. The molecule has 0 spiro atoms. The standard InChI is InChI=1S/C22H16FN/c23-19-9-4-16(5-10-19)21-3-1-2-18-14-17(8-13-22(18)21)15-6-11-20(24)12-7-15/h1-14H,24H2. The van der Waals surface area contributed by atoms with Crippen molar-refractivity contribution in [2.45, 2.75) is 0 Å². The van der Waals surface area contributed by atoms with Crippen LogP contribution in [-0.2, 0) is 0 Å². The Bertz CT molecular complexity index is 1000. The normalized spacial score (nSPS) is 10.9. The Kier molecular flexibility index (Phi) is 3.51. The molecule has 0 unspecified atom stereocenters. The number of benzene rings is 4. The fraction of sp³-hybridized carbons (Fsp3) is 0. The van der Waals surface area contributed by atoms with E-state index in [1.165, 1.54) is 12.1 Å². The molecule has 2 heteroatoms. The van der Waals surface area contributed by atoms with Crippen molar-refractivity contribution < 1.29 is 4.39 Å². The predicted molar refractivity (Wildman–Crippen MR) is 99.2 cm³/mol. The van der Waals surface area contributed by atoms with Crippen molar-refractivity contribution >= 4 is 16.5 Å². The lowest BCUT2D eigenvalue weighted by Gasteiger charge is -2.09. The molecular weight excluding hydrogens is 297 g/mol. The van der Waals surface area contributed by atoms with Crippen LogP contribution in [0.15, 0.2) is 84.9 Å². The lowest BCUT2D eigenvalue weighted by atomic mass is 9.95. The molecule has 0 saturated heterocycles. The van der Waals surface area contributed by atoms with Gasteiger partial charge in [0.15, 0.2) is 0 Å². The smallest absolute Gasteiger partial charge is 0.123 e. The van der Waals surface area contributed by atoms with Gasteiger partial charge < -0.3 is 5.73 Å². The van der Waals surface area contributed by atoms with Gasteiger partial charge in [0.05, 0.1) is 0 Å². The Hall–Kier alpha value is -3.13. The minimum atomic E-state index is -0.218. The monoisotopic (exact) mass is 313 g/mol. The van der Waals surface area contributed by atoms with Crippen molar-refractivity contribution in [2.75, 3.05) is 5.73 Å². The van der Waals surface area contributed by atoms with Crippen LogP contribution in [0.2, 0.25) is 0 Å². The molecule has 4 rings (SSSR count). The highest BCUT2D eigenvalue weighted by molar-refractivity contribution is 5.98. The summed E-state index contributed by atoms with van der Waals surface area (Å²) in [4.78, 5) is 0. The van der Waals surface area contributed by atoms with E-state index in [1.54, 1.807) is 0 Å². The third-order valence-corrected chi connectivity index (χ3v) is 4.28. The number of nitrogens with two attached hydrogens (primary N) is 1. The summed E-state index contributed by atoms with van der Waals surface area (Å²) < 4.78 is 13.2. The first kappa shape index (κ1) is 14.5. The summed E-state index contributed by atoms with van der Waals surface area (Å²) in [5.74, 6) is -0.218. The van der Waals surface area contributed by atoms with E-state index in [0.717, 1.165) is 38.7 Å². The van der Waals surface area contributed by atoms with Crippen LogP contribution in [0.25, 0.3) is 33.0 Å². The quantitative estimate of drug-likeness (QED) is 0.458. The Balaban J connectivity index is 1.84. The first-order valence-electron chi connectivity index (χ1n) is 7.85. The third kappa shape index (κ3) is 2.63. The van der Waals surface area contributed by atoms with Gasteiger partial charge in [-0.3, -0.25) is 0 Å². The van der Waals surface area contributed by atoms with Gasteiger partial charge in [-0.1, -0.05) is 54.6 Å². The van der Waals surface area contributed by atoms with Gasteiger partial charge >= 0.3 is 0 Å². The van der Waals surface area contributed by atoms with Gasteiger partial charge in [0.2, 0.25) is 0 Å². The van der Waals surface area contributed by atoms with Crippen LogP contribution in [0.5, 0.6) is 0 Å². The van der Waals surface area contributed by atoms with Gasteiger partial charge in [-0.15, -0.1) is 0 Å². The maximum Gasteiger partial charge on any atom is 0.123 e. The zero-order valence-electron chi connectivity index (χ0n) is 13.0. The highest BCUT2D eigenvalue weighted by atomic mass is 19.1. The van der Waals surface area contributed by atoms with Crippen LogP contribution in [0.4, 0.5) is 10.1 Å². The topological polar surface area (TPSA) is 26.0 Å². The van der Waals surface area contributed by atoms with Gasteiger partial charge in [0.25, 0.3) is 0 Å². The van der Waals surface area contributed by atoms with Crippen LogP contribution in [-0.4, -0.2) is 0 Å². The Morgan fingerprint density at radius 1 is 0.625 bits per heavy atom. The third-order valence-electron chi connectivity index (χ3n) is 4.28. The molecule has 0 aliphatic carbocycles. The van der Waals surface area contributed by atoms with E-state index in [4.69, 9.17) is 5.73 Å². The highest BCUT2D eigenvalue weighted by Crippen LogP contribution is 2.32. The second-order valence-electron chi connectivity index (χ2n) is 5.87. The number of nitrogen functional groups attached to an aromatic ring is 1. The molecule has 116 valence electrons. The average Bonchev–Trinajstić information content (AvgIpc) is 2.62. The van der Waals surface area contributed by atoms with Gasteiger partial charge in [-0.05, 0) is 63.4 Å². The SMILES string of the molecule is Nc1ccc(-c2ccc3c(-c4ccc(F)cc4)cccc3c2)cc1. The molecule has 0 amide bonds. The molecule has 0 saturated carbocycles. The molecule has 0 fully saturated rings. The molecule has 0 aromatic heterocycles. The number of rotatable bonds is 2. The lowest BCUT2D eigenvalue weighted by Crippen LogP contribution is -1.85. The second kappa shape index (κ2) is 5.82. The summed E-state index contributed by atoms with van der Waals surface area (Å²) in [5, 5.41) is 2.31. The first-order valence-corrected chi connectivity index (χ1v) is 7.85. The van der Waals surface area contributed by atoms with Crippen molar-refractivity contribution in [3.05, 3.63) is 90.7 Å². The van der Waals surface area contributed by atoms with E-state index in [-0.39, 0.29) is 5.82 Å². The number of hydrogen-bond acceptors (Lipinski definition) is 1. The van der Waals surface area contributed by atoms with Gasteiger partial charge in [-0.2, -0.15) is 0 Å². The van der Waals surface area contributed by atoms with E-state index in [0.29, 0.717) is 0 Å². The van der Waals surface area contributed by atoms with E-state index in [9.17, 15) is 4.39 Å². The van der Waals surface area contributed by atoms with Crippen LogP contribution in [0.1, 0.15) is 0 Å². The summed E-state index contributed by atoms with van der Waals surface area (Å²) in [6, 6.07) is 27.1. The molecule has 0 aliphatic rings. The molecule has 0 heterocycles. The van der Waals surface area contributed by atoms with Crippen molar-refractivity contribution in [1.29, 1.82) is 0 Å². The van der Waals surface area contributed by atoms with Gasteiger partial charge in [-0.25, -0.2) is 4.39 Å². The van der Waals surface area contributed by atoms with Crippen molar-refractivity contribution in [3.8, 4) is 22.3 Å². The molecule has 1 nitrogen and oxygen atoms in total. The Morgan fingerprint density at radius 3 is 2.04 bits per heavy atom. The fourth-order valence-electron chi connectivity index (χ4n) is 3.02. The van der Waals surface area contributed by atoms with E-state index >= 15 is 0 Å². The largest absolute Gasteiger partial charge is 0.399 e. The van der Waals surface area contributed by atoms with Crippen LogP contribution >= 0.6 is 0 Å². The second-order valence-corrected chi connectivity index (χ2v) is 5.87. The van der Waals surface area contributed by atoms with E-state index in [1.807, 2.05) is 42.5 Å². The maximum atomic E-state index is 13.2. The molecule has 4 aromatic carbocycles. The van der Waals surface area contributed by atoms with Crippen molar-refractivity contribution in [3.63, 3.8) is 0 Å². The maximum absolute atomic E-state index is 13.2. The van der Waals surface area contributed by atoms with E-state index in [2.05, 4.69) is 30.3 Å². The lowest BCUT2D eigenvalue weighted by molar-refractivity contribution is 0.628. The van der Waals surface area contributed by atoms with E-state index < -0.39 is 0 Å². The van der Waals surface area contributed by atoms with Crippen LogP contribution in [0, 0.1) is 5.82 Å². The molecule has 0 bridgehead atoms. The number of hydrogen-bond donors (Lipinski definition) is 1. The molecule has 24 heavy (non-hydrogen) atoms. The Labute approximate surface area is 140 Å². The predicted octanol–water partition coefficient (Wildman–Crippen LogP) is 5.90. The molecule has 0 atom stereocenters. The van der Waals surface area contributed by atoms with Crippen molar-refractivity contribution in [1.82, 2.24) is 0 Å². The summed E-state index contributed by atoms with van der Waals surface area (Å²) in [6.45, 7) is 0. The summed E-state index contributed by atoms with van der Waals surface area (Å²) in [7, 11) is 0. The minimum absolute atomic E-state index is 0.218. The van der Waals surface area contributed by atoms with Crippen molar-refractivity contribution in [2.24, 2.45) is 0 Å². The Morgan fingerprint density at radius 2 is 1.29 bits per heavy atom. The highest BCUT2D eigenvalue weighted by Gasteiger charge is 2.06. The molecular formula is C22H16FN. The molecule has 2 N–H and O–H groups in total. The number of fused-ring (bicyclic) bond motifs is 1. The summed E-state index contributed by atoms with van der Waals surface area (Å²) in [5.41, 5.74) is 10.9. The average molecular weight is 313 g/mol. The first-order chi connectivity index (χ1) is 11.7. The van der Waals surface area contributed by atoms with Crippen LogP contribution in [0.3, 0.4) is 0 Å². The molecule has 0 radical (unpaired) electrons. The molecule has 0 aliphatic heterocycles. The van der Waals surface area contributed by atoms with Gasteiger partial charge in [0, 0.05) is 5.69 Å². The summed E-state index contributed by atoms with van der Waals surface area (Å²) in [6.07, 6.45) is 0. The number of anilines is 1. The summed E-state index contributed by atoms with van der Waals surface area (Å²) >= 11 is 0. The zero-order valence-corrected chi connectivity index (χ0v) is 13.0. The van der Waals surface area contributed by atoms with Gasteiger partial charge in [0.1, 0.15) is 5.82 Å². The zero-order chi connectivity index (χ0) is 16.5. The minimum Gasteiger partial charge on any atom is -0.399 e.